The fraction of sp³-hybridized carbons (Fsp3) is 0.455. The van der Waals surface area contributed by atoms with Crippen LogP contribution in [0, 0.1) is 0 Å². The highest BCUT2D eigenvalue weighted by atomic mass is 32.2. The highest BCUT2D eigenvalue weighted by Crippen LogP contribution is 2.11. The minimum absolute atomic E-state index is 1.11. The average Bonchev–Trinajstić information content (AvgIpc) is 2.72. The van der Waals surface area contributed by atoms with E-state index in [2.05, 4.69) is 71.3 Å². The zero-order valence-electron chi connectivity index (χ0n) is 16.1. The maximum atomic E-state index is 3.54. The third-order valence-electron chi connectivity index (χ3n) is 3.92. The summed E-state index contributed by atoms with van der Waals surface area (Å²) in [5.41, 5.74) is 2.84. The summed E-state index contributed by atoms with van der Waals surface area (Å²) in [5, 5.41) is 7.08. The molecule has 0 fully saturated rings. The van der Waals surface area contributed by atoms with E-state index in [0.717, 1.165) is 37.7 Å². The minimum Gasteiger partial charge on any atom is -0.315 e. The van der Waals surface area contributed by atoms with Gasteiger partial charge in [-0.05, 0) is 11.1 Å². The van der Waals surface area contributed by atoms with Crippen LogP contribution in [0.15, 0.2) is 60.7 Å². The van der Waals surface area contributed by atoms with Crippen LogP contribution >= 0.6 is 35.3 Å². The van der Waals surface area contributed by atoms with Crippen molar-refractivity contribution in [3.05, 3.63) is 71.8 Å². The van der Waals surface area contributed by atoms with E-state index in [9.17, 15) is 0 Å². The molecule has 2 aromatic carbocycles. The molecule has 0 aliphatic carbocycles. The summed E-state index contributed by atoms with van der Waals surface area (Å²) >= 11 is 6.05. The van der Waals surface area contributed by atoms with Crippen LogP contribution in [-0.4, -0.2) is 49.2 Å². The number of benzene rings is 2. The average molecular weight is 421 g/mol. The van der Waals surface area contributed by atoms with Gasteiger partial charge < -0.3 is 10.6 Å². The largest absolute Gasteiger partial charge is 0.315 e. The van der Waals surface area contributed by atoms with Gasteiger partial charge in [0.05, 0.1) is 0 Å². The van der Waals surface area contributed by atoms with E-state index in [1.54, 1.807) is 0 Å². The first-order chi connectivity index (χ1) is 13.4. The Kier molecular flexibility index (Phi) is 13.8. The molecule has 0 saturated carbocycles. The van der Waals surface area contributed by atoms with Crippen LogP contribution in [0.3, 0.4) is 0 Å². The smallest absolute Gasteiger partial charge is 0.0185 e. The van der Waals surface area contributed by atoms with Gasteiger partial charge in [-0.1, -0.05) is 60.7 Å². The number of nitrogens with one attached hydrogen (secondary N) is 2. The van der Waals surface area contributed by atoms with E-state index in [4.69, 9.17) is 0 Å². The highest BCUT2D eigenvalue weighted by Gasteiger charge is 1.95. The summed E-state index contributed by atoms with van der Waals surface area (Å²) in [4.78, 5) is 0. The molecule has 0 aromatic heterocycles. The lowest BCUT2D eigenvalue weighted by molar-refractivity contribution is 0.765. The van der Waals surface area contributed by atoms with Crippen molar-refractivity contribution >= 4 is 35.3 Å². The van der Waals surface area contributed by atoms with Gasteiger partial charge in [0.25, 0.3) is 0 Å². The second kappa shape index (κ2) is 16.4. The lowest BCUT2D eigenvalue weighted by atomic mass is 10.2. The summed E-state index contributed by atoms with van der Waals surface area (Å²) < 4.78 is 0. The second-order valence-corrected chi connectivity index (χ2v) is 9.62. The van der Waals surface area contributed by atoms with Gasteiger partial charge in [0.1, 0.15) is 0 Å². The number of hydrogen-bond acceptors (Lipinski definition) is 5. The van der Waals surface area contributed by atoms with Crippen molar-refractivity contribution in [2.24, 2.45) is 0 Å². The Morgan fingerprint density at radius 2 is 0.852 bits per heavy atom. The summed E-state index contributed by atoms with van der Waals surface area (Å²) in [6.07, 6.45) is 0. The number of rotatable bonds is 16. The van der Waals surface area contributed by atoms with Crippen molar-refractivity contribution < 1.29 is 0 Å². The van der Waals surface area contributed by atoms with E-state index in [0.29, 0.717) is 0 Å². The second-order valence-electron chi connectivity index (χ2n) is 6.19. The molecule has 0 bridgehead atoms. The number of hydrogen-bond donors (Lipinski definition) is 2. The Balaban J connectivity index is 1.26. The Bertz CT molecular complexity index is 515. The van der Waals surface area contributed by atoms with Crippen LogP contribution in [0.25, 0.3) is 0 Å². The van der Waals surface area contributed by atoms with Gasteiger partial charge in [-0.15, -0.1) is 0 Å². The predicted molar refractivity (Wildman–Crippen MR) is 128 cm³/mol. The summed E-state index contributed by atoms with van der Waals surface area (Å²) in [7, 11) is 0. The fourth-order valence-electron chi connectivity index (χ4n) is 2.46. The molecule has 148 valence electrons. The van der Waals surface area contributed by atoms with E-state index in [1.807, 2.05) is 35.3 Å². The maximum Gasteiger partial charge on any atom is 0.0185 e. The molecule has 2 nitrogen and oxygen atoms in total. The topological polar surface area (TPSA) is 24.1 Å². The Morgan fingerprint density at radius 1 is 0.481 bits per heavy atom. The third kappa shape index (κ3) is 12.5. The third-order valence-corrected chi connectivity index (χ3v) is 6.96. The molecule has 5 heteroatoms. The van der Waals surface area contributed by atoms with Crippen molar-refractivity contribution in [3.8, 4) is 0 Å². The van der Waals surface area contributed by atoms with Gasteiger partial charge in [0, 0.05) is 60.7 Å². The molecule has 0 atom stereocenters. The first kappa shape index (κ1) is 22.7. The summed E-state index contributed by atoms with van der Waals surface area (Å²) in [6.45, 7) is 4.44. The predicted octanol–water partition coefficient (Wildman–Crippen LogP) is 4.77. The van der Waals surface area contributed by atoms with Crippen molar-refractivity contribution in [1.29, 1.82) is 0 Å². The van der Waals surface area contributed by atoms with E-state index < -0.39 is 0 Å². The highest BCUT2D eigenvalue weighted by molar-refractivity contribution is 7.99. The molecule has 0 spiro atoms. The van der Waals surface area contributed by atoms with Gasteiger partial charge in [-0.3, -0.25) is 0 Å². The standard InChI is InChI=1S/C22H32N2S3/c1-3-7-21(8-4-1)19-26-17-13-23-11-15-25-16-12-24-14-18-27-20-22-9-5-2-6-10-22/h1-10,23-24H,11-20H2. The lowest BCUT2D eigenvalue weighted by Crippen LogP contribution is -2.22. The zero-order chi connectivity index (χ0) is 18.8. The molecule has 0 heterocycles. The van der Waals surface area contributed by atoms with Crippen LogP contribution in [-0.2, 0) is 11.5 Å². The molecule has 2 rings (SSSR count). The van der Waals surface area contributed by atoms with Crippen LogP contribution in [0.5, 0.6) is 0 Å². The molecule has 0 aliphatic heterocycles. The van der Waals surface area contributed by atoms with Crippen LogP contribution < -0.4 is 10.6 Å². The molecule has 0 unspecified atom stereocenters. The van der Waals surface area contributed by atoms with E-state index in [1.165, 1.54) is 34.1 Å². The van der Waals surface area contributed by atoms with Crippen LogP contribution in [0.1, 0.15) is 11.1 Å². The fourth-order valence-corrected chi connectivity index (χ4v) is 4.96. The monoisotopic (exact) mass is 420 g/mol. The molecule has 0 radical (unpaired) electrons. The minimum atomic E-state index is 1.11. The summed E-state index contributed by atoms with van der Waals surface area (Å²) in [5.74, 6) is 7.00. The van der Waals surface area contributed by atoms with Gasteiger partial charge >= 0.3 is 0 Å². The zero-order valence-corrected chi connectivity index (χ0v) is 18.5. The van der Waals surface area contributed by atoms with Gasteiger partial charge in [-0.2, -0.15) is 35.3 Å². The SMILES string of the molecule is c1ccc(CSCCNCCSCCNCCSCc2ccccc2)cc1. The molecule has 2 N–H and O–H groups in total. The van der Waals surface area contributed by atoms with E-state index in [-0.39, 0.29) is 0 Å². The van der Waals surface area contributed by atoms with Gasteiger partial charge in [0.2, 0.25) is 0 Å². The molecule has 0 saturated heterocycles. The first-order valence-electron chi connectivity index (χ1n) is 9.67. The lowest BCUT2D eigenvalue weighted by Gasteiger charge is -2.06. The number of thioether (sulfide) groups is 3. The van der Waals surface area contributed by atoms with Crippen LogP contribution in [0.4, 0.5) is 0 Å². The van der Waals surface area contributed by atoms with Crippen molar-refractivity contribution in [1.82, 2.24) is 10.6 Å². The quantitative estimate of drug-likeness (QED) is 0.381. The molecule has 27 heavy (non-hydrogen) atoms. The summed E-state index contributed by atoms with van der Waals surface area (Å²) in [6, 6.07) is 21.4. The van der Waals surface area contributed by atoms with Crippen molar-refractivity contribution in [2.45, 2.75) is 11.5 Å². The Labute approximate surface area is 178 Å². The van der Waals surface area contributed by atoms with Crippen molar-refractivity contribution in [3.63, 3.8) is 0 Å². The molecular weight excluding hydrogens is 388 g/mol. The van der Waals surface area contributed by atoms with Crippen molar-refractivity contribution in [2.75, 3.05) is 49.2 Å². The first-order valence-corrected chi connectivity index (χ1v) is 13.1. The molecule has 0 amide bonds. The Hall–Kier alpha value is -0.590. The molecular formula is C22H32N2S3. The molecule has 2 aromatic rings. The van der Waals surface area contributed by atoms with Crippen LogP contribution in [0.2, 0.25) is 0 Å². The Morgan fingerprint density at radius 3 is 1.26 bits per heavy atom. The maximum absolute atomic E-state index is 3.54. The normalized spacial score (nSPS) is 11.0. The van der Waals surface area contributed by atoms with E-state index >= 15 is 0 Å². The molecule has 0 aliphatic rings. The van der Waals surface area contributed by atoms with Gasteiger partial charge in [-0.25, -0.2) is 0 Å². The van der Waals surface area contributed by atoms with Gasteiger partial charge in [0.15, 0.2) is 0 Å².